The third kappa shape index (κ3) is 4.00. The molecule has 4 N–H and O–H groups in total. The molecule has 0 aliphatic rings. The Bertz CT molecular complexity index is 731. The number of nitrogens with one attached hydrogen (secondary N) is 2. The zero-order chi connectivity index (χ0) is 16.1. The van der Waals surface area contributed by atoms with Gasteiger partial charge in [0, 0.05) is 29.1 Å². The number of carbonyl (C=O) groups excluding carboxylic acids is 1. The van der Waals surface area contributed by atoms with Crippen LogP contribution in [0.2, 0.25) is 0 Å². The van der Waals surface area contributed by atoms with Crippen molar-refractivity contribution in [2.45, 2.75) is 0 Å². The van der Waals surface area contributed by atoms with Gasteiger partial charge in [-0.25, -0.2) is 0 Å². The molecule has 0 fully saturated rings. The van der Waals surface area contributed by atoms with E-state index in [9.17, 15) is 14.9 Å². The van der Waals surface area contributed by atoms with Crippen LogP contribution in [0.25, 0.3) is 0 Å². The predicted octanol–water partition coefficient (Wildman–Crippen LogP) is 2.50. The highest BCUT2D eigenvalue weighted by Crippen LogP contribution is 2.17. The number of primary amides is 1. The van der Waals surface area contributed by atoms with Gasteiger partial charge in [0.25, 0.3) is 5.69 Å². The van der Waals surface area contributed by atoms with E-state index in [1.165, 1.54) is 12.1 Å². The largest absolute Gasteiger partial charge is 0.366 e. The van der Waals surface area contributed by atoms with Gasteiger partial charge < -0.3 is 16.4 Å². The molecular weight excluding hydrogens is 304 g/mol. The Hall–Kier alpha value is -3.00. The fraction of sp³-hybridized carbons (Fsp3) is 0. The number of carbonyl (C=O) groups is 1. The van der Waals surface area contributed by atoms with Crippen LogP contribution in [0.1, 0.15) is 10.4 Å². The molecule has 1 amide bonds. The van der Waals surface area contributed by atoms with Crippen molar-refractivity contribution in [1.82, 2.24) is 0 Å². The Morgan fingerprint density at radius 2 is 1.73 bits per heavy atom. The lowest BCUT2D eigenvalue weighted by Crippen LogP contribution is -2.19. The van der Waals surface area contributed by atoms with E-state index in [1.807, 2.05) is 0 Å². The number of benzene rings is 2. The molecule has 0 unspecified atom stereocenters. The SMILES string of the molecule is NC(=O)c1ccc(NC(=S)Nc2cccc([N+](=O)[O-])c2)cc1. The molecule has 2 aromatic rings. The van der Waals surface area contributed by atoms with Crippen LogP contribution in [0.5, 0.6) is 0 Å². The molecule has 0 aliphatic carbocycles. The summed E-state index contributed by atoms with van der Waals surface area (Å²) in [5.41, 5.74) is 6.68. The minimum Gasteiger partial charge on any atom is -0.366 e. The van der Waals surface area contributed by atoms with Crippen molar-refractivity contribution in [2.24, 2.45) is 5.73 Å². The maximum atomic E-state index is 11.0. The second-order valence-corrected chi connectivity index (χ2v) is 4.74. The normalized spacial score (nSPS) is 9.82. The van der Waals surface area contributed by atoms with Crippen molar-refractivity contribution in [3.8, 4) is 0 Å². The topological polar surface area (TPSA) is 110 Å². The summed E-state index contributed by atoms with van der Waals surface area (Å²) in [6, 6.07) is 12.4. The number of hydrogen-bond donors (Lipinski definition) is 3. The lowest BCUT2D eigenvalue weighted by molar-refractivity contribution is -0.384. The molecule has 0 aromatic heterocycles. The molecule has 22 heavy (non-hydrogen) atoms. The van der Waals surface area contributed by atoms with Gasteiger partial charge in [-0.05, 0) is 42.5 Å². The predicted molar refractivity (Wildman–Crippen MR) is 87.9 cm³/mol. The van der Waals surface area contributed by atoms with E-state index in [0.717, 1.165) is 0 Å². The van der Waals surface area contributed by atoms with Gasteiger partial charge in [0.05, 0.1) is 4.92 Å². The average Bonchev–Trinajstić information content (AvgIpc) is 2.47. The van der Waals surface area contributed by atoms with E-state index >= 15 is 0 Å². The molecule has 8 heteroatoms. The molecule has 0 radical (unpaired) electrons. The molecule has 7 nitrogen and oxygen atoms in total. The van der Waals surface area contributed by atoms with Crippen LogP contribution in [-0.4, -0.2) is 15.9 Å². The highest BCUT2D eigenvalue weighted by atomic mass is 32.1. The van der Waals surface area contributed by atoms with E-state index in [4.69, 9.17) is 18.0 Å². The highest BCUT2D eigenvalue weighted by molar-refractivity contribution is 7.80. The number of non-ortho nitro benzene ring substituents is 1. The second kappa shape index (κ2) is 6.64. The van der Waals surface area contributed by atoms with Gasteiger partial charge in [0.1, 0.15) is 0 Å². The summed E-state index contributed by atoms with van der Waals surface area (Å²) < 4.78 is 0. The van der Waals surface area contributed by atoms with E-state index < -0.39 is 10.8 Å². The van der Waals surface area contributed by atoms with Crippen molar-refractivity contribution >= 4 is 40.3 Å². The Balaban J connectivity index is 2.02. The minimum absolute atomic E-state index is 0.0291. The van der Waals surface area contributed by atoms with E-state index in [0.29, 0.717) is 16.9 Å². The number of thiocarbonyl (C=S) groups is 1. The maximum absolute atomic E-state index is 11.0. The Morgan fingerprint density at radius 1 is 1.09 bits per heavy atom. The van der Waals surface area contributed by atoms with Crippen LogP contribution in [0, 0.1) is 10.1 Å². The Labute approximate surface area is 131 Å². The van der Waals surface area contributed by atoms with Crippen LogP contribution >= 0.6 is 12.2 Å². The molecule has 112 valence electrons. The number of nitrogens with zero attached hydrogens (tertiary/aromatic N) is 1. The van der Waals surface area contributed by atoms with Gasteiger partial charge in [-0.15, -0.1) is 0 Å². The third-order valence-electron chi connectivity index (χ3n) is 2.74. The summed E-state index contributed by atoms with van der Waals surface area (Å²) in [6.45, 7) is 0. The average molecular weight is 316 g/mol. The lowest BCUT2D eigenvalue weighted by atomic mass is 10.2. The lowest BCUT2D eigenvalue weighted by Gasteiger charge is -2.10. The van der Waals surface area contributed by atoms with Crippen molar-refractivity contribution < 1.29 is 9.72 Å². The van der Waals surface area contributed by atoms with Gasteiger partial charge in [-0.1, -0.05) is 6.07 Å². The van der Waals surface area contributed by atoms with Crippen molar-refractivity contribution in [1.29, 1.82) is 0 Å². The van der Waals surface area contributed by atoms with Gasteiger partial charge in [0.15, 0.2) is 5.11 Å². The van der Waals surface area contributed by atoms with Crippen LogP contribution in [0.4, 0.5) is 17.1 Å². The summed E-state index contributed by atoms with van der Waals surface area (Å²) in [6.07, 6.45) is 0. The number of amides is 1. The third-order valence-corrected chi connectivity index (χ3v) is 2.95. The summed E-state index contributed by atoms with van der Waals surface area (Å²) in [4.78, 5) is 21.2. The van der Waals surface area contributed by atoms with Crippen molar-refractivity contribution in [2.75, 3.05) is 10.6 Å². The molecule has 0 aliphatic heterocycles. The molecule has 2 aromatic carbocycles. The molecule has 0 saturated carbocycles. The molecule has 2 rings (SSSR count). The second-order valence-electron chi connectivity index (χ2n) is 4.33. The fourth-order valence-electron chi connectivity index (χ4n) is 1.71. The van der Waals surface area contributed by atoms with Crippen LogP contribution in [0.3, 0.4) is 0 Å². The molecule has 0 saturated heterocycles. The quantitative estimate of drug-likeness (QED) is 0.454. The molecule has 0 heterocycles. The van der Waals surface area contributed by atoms with Gasteiger partial charge in [0.2, 0.25) is 5.91 Å². The van der Waals surface area contributed by atoms with E-state index in [2.05, 4.69) is 10.6 Å². The molecule has 0 atom stereocenters. The first kappa shape index (κ1) is 15.4. The first-order valence-corrected chi connectivity index (χ1v) is 6.59. The zero-order valence-electron chi connectivity index (χ0n) is 11.3. The van der Waals surface area contributed by atoms with Crippen molar-refractivity contribution in [3.05, 3.63) is 64.2 Å². The zero-order valence-corrected chi connectivity index (χ0v) is 12.1. The molecule has 0 bridgehead atoms. The minimum atomic E-state index is -0.510. The van der Waals surface area contributed by atoms with Gasteiger partial charge in [-0.2, -0.15) is 0 Å². The van der Waals surface area contributed by atoms with Crippen LogP contribution < -0.4 is 16.4 Å². The number of nitro groups is 1. The smallest absolute Gasteiger partial charge is 0.271 e. The van der Waals surface area contributed by atoms with E-state index in [-0.39, 0.29) is 10.8 Å². The molecule has 0 spiro atoms. The first-order valence-electron chi connectivity index (χ1n) is 6.18. The van der Waals surface area contributed by atoms with Crippen LogP contribution in [0.15, 0.2) is 48.5 Å². The molecular formula is C14H12N4O3S. The van der Waals surface area contributed by atoms with Gasteiger partial charge >= 0.3 is 0 Å². The van der Waals surface area contributed by atoms with Crippen molar-refractivity contribution in [3.63, 3.8) is 0 Å². The fourth-order valence-corrected chi connectivity index (χ4v) is 1.94. The van der Waals surface area contributed by atoms with E-state index in [1.54, 1.807) is 36.4 Å². The summed E-state index contributed by atoms with van der Waals surface area (Å²) in [5, 5.41) is 16.7. The summed E-state index contributed by atoms with van der Waals surface area (Å²) in [5.74, 6) is -0.510. The highest BCUT2D eigenvalue weighted by Gasteiger charge is 2.07. The standard InChI is InChI=1S/C14H12N4O3S/c15-13(19)9-4-6-10(7-5-9)16-14(22)17-11-2-1-3-12(8-11)18(20)21/h1-8H,(H2,15,19)(H2,16,17,22). The summed E-state index contributed by atoms with van der Waals surface area (Å²) in [7, 11) is 0. The number of hydrogen-bond acceptors (Lipinski definition) is 4. The van der Waals surface area contributed by atoms with Gasteiger partial charge in [-0.3, -0.25) is 14.9 Å². The summed E-state index contributed by atoms with van der Waals surface area (Å²) >= 11 is 5.13. The Morgan fingerprint density at radius 3 is 2.32 bits per heavy atom. The maximum Gasteiger partial charge on any atom is 0.271 e. The number of nitro benzene ring substituents is 1. The van der Waals surface area contributed by atoms with Crippen LogP contribution in [-0.2, 0) is 0 Å². The Kier molecular flexibility index (Phi) is 4.64. The monoisotopic (exact) mass is 316 g/mol. The number of rotatable bonds is 4. The first-order chi connectivity index (χ1) is 10.5. The number of anilines is 2. The number of nitrogens with two attached hydrogens (primary N) is 1.